The Bertz CT molecular complexity index is 1410. The molecule has 4 aromatic rings. The fourth-order valence-electron chi connectivity index (χ4n) is 4.81. The normalized spacial score (nSPS) is 11.6. The van der Waals surface area contributed by atoms with Crippen molar-refractivity contribution in [3.05, 3.63) is 107 Å². The van der Waals surface area contributed by atoms with E-state index in [9.17, 15) is 25.2 Å². The molecule has 8 nitrogen and oxygen atoms in total. The van der Waals surface area contributed by atoms with Gasteiger partial charge in [-0.3, -0.25) is 0 Å². The van der Waals surface area contributed by atoms with Crippen LogP contribution in [0.3, 0.4) is 0 Å². The number of benzene rings is 4. The molecule has 4 aromatic carbocycles. The summed E-state index contributed by atoms with van der Waals surface area (Å²) in [6, 6.07) is 25.6. The van der Waals surface area contributed by atoms with Crippen molar-refractivity contribution in [2.75, 3.05) is 26.3 Å². The van der Waals surface area contributed by atoms with Crippen LogP contribution in [0.25, 0.3) is 10.8 Å². The summed E-state index contributed by atoms with van der Waals surface area (Å²) in [7, 11) is 0. The van der Waals surface area contributed by atoms with E-state index in [2.05, 4.69) is 35.6 Å². The zero-order chi connectivity index (χ0) is 31.6. The summed E-state index contributed by atoms with van der Waals surface area (Å²) < 4.78 is 5.72. The quantitative estimate of drug-likeness (QED) is 0.0768. The van der Waals surface area contributed by atoms with Gasteiger partial charge in [0, 0.05) is 30.7 Å². The lowest BCUT2D eigenvalue weighted by atomic mass is 10.1. The number of nitrogens with one attached hydrogen (secondary N) is 1. The molecule has 0 heterocycles. The molecule has 44 heavy (non-hydrogen) atoms. The molecule has 0 radical (unpaired) electrons. The van der Waals surface area contributed by atoms with E-state index in [0.29, 0.717) is 23.1 Å². The van der Waals surface area contributed by atoms with Crippen molar-refractivity contribution < 1.29 is 35.1 Å². The molecule has 0 aliphatic rings. The van der Waals surface area contributed by atoms with Crippen molar-refractivity contribution in [2.45, 2.75) is 57.7 Å². The molecule has 0 aliphatic carbocycles. The number of fused-ring (bicyclic) bond motifs is 1. The van der Waals surface area contributed by atoms with Gasteiger partial charge in [0.1, 0.15) is 17.1 Å². The second kappa shape index (κ2) is 19.4. The molecule has 8 heteroatoms. The number of carbonyl (C=O) groups is 1. The monoisotopic (exact) mass is 603 g/mol. The van der Waals surface area contributed by atoms with E-state index in [1.54, 1.807) is 30.3 Å². The molecule has 4 rings (SSSR count). The molecule has 0 spiro atoms. The standard InChI is InChI=1S/C25H37NO4.C11H8O3/c27-20-23-18-22(13-14-24(23)28)25(29)19-26-15-7-1-2-8-16-30-17-9-6-12-21-10-4-3-5-11-21;12-10-8-4-2-1-3-7(8)5-6-9(10)11(13)14/h3-5,10-11,13-14,18,25-29H,1-2,6-9,12,15-17,19-20H2;1-6,12H,(H,13,14)/t25-;/m1./s1. The fourth-order valence-corrected chi connectivity index (χ4v) is 4.81. The van der Waals surface area contributed by atoms with Gasteiger partial charge in [0.15, 0.2) is 0 Å². The molecule has 0 aliphatic heterocycles. The van der Waals surface area contributed by atoms with Crippen molar-refractivity contribution in [3.63, 3.8) is 0 Å². The second-order valence-electron chi connectivity index (χ2n) is 10.7. The molecule has 6 N–H and O–H groups in total. The molecule has 0 saturated carbocycles. The van der Waals surface area contributed by atoms with Crippen LogP contribution in [0.1, 0.15) is 71.7 Å². The van der Waals surface area contributed by atoms with Crippen LogP contribution in [0.4, 0.5) is 0 Å². The number of phenols is 2. The molecule has 0 fully saturated rings. The summed E-state index contributed by atoms with van der Waals surface area (Å²) in [4.78, 5) is 10.7. The van der Waals surface area contributed by atoms with Gasteiger partial charge in [-0.1, -0.05) is 79.6 Å². The minimum atomic E-state index is -1.12. The van der Waals surface area contributed by atoms with E-state index in [4.69, 9.17) is 9.84 Å². The first-order chi connectivity index (χ1) is 21.4. The summed E-state index contributed by atoms with van der Waals surface area (Å²) in [6.45, 7) is 2.77. The molecule has 0 saturated heterocycles. The molecule has 1 atom stereocenters. The van der Waals surface area contributed by atoms with Gasteiger partial charge < -0.3 is 35.6 Å². The van der Waals surface area contributed by atoms with E-state index >= 15 is 0 Å². The Morgan fingerprint density at radius 1 is 0.795 bits per heavy atom. The summed E-state index contributed by atoms with van der Waals surface area (Å²) >= 11 is 0. The summed E-state index contributed by atoms with van der Waals surface area (Å²) in [6.07, 6.45) is 7.24. The summed E-state index contributed by atoms with van der Waals surface area (Å²) in [5.41, 5.74) is 2.47. The van der Waals surface area contributed by atoms with Crippen LogP contribution >= 0.6 is 0 Å². The van der Waals surface area contributed by atoms with Crippen LogP contribution in [0, 0.1) is 0 Å². The van der Waals surface area contributed by atoms with E-state index in [0.717, 1.165) is 63.7 Å². The number of hydrogen-bond acceptors (Lipinski definition) is 7. The Labute approximate surface area is 259 Å². The number of carboxylic acids is 1. The maximum Gasteiger partial charge on any atom is 0.339 e. The number of aliphatic hydroxyl groups excluding tert-OH is 2. The minimum Gasteiger partial charge on any atom is -0.508 e. The average molecular weight is 604 g/mol. The first kappa shape index (κ1) is 34.5. The molecule has 0 unspecified atom stereocenters. The van der Waals surface area contributed by atoms with Gasteiger partial charge in [-0.25, -0.2) is 4.79 Å². The first-order valence-corrected chi connectivity index (χ1v) is 15.3. The minimum absolute atomic E-state index is 0.0533. The third-order valence-electron chi connectivity index (χ3n) is 7.37. The number of rotatable bonds is 17. The Morgan fingerprint density at radius 2 is 1.50 bits per heavy atom. The molecular formula is C36H45NO7. The van der Waals surface area contributed by atoms with Crippen LogP contribution in [-0.2, 0) is 17.8 Å². The number of unbranched alkanes of at least 4 members (excludes halogenated alkanes) is 4. The number of hydrogen-bond donors (Lipinski definition) is 6. The third kappa shape index (κ3) is 11.6. The summed E-state index contributed by atoms with van der Waals surface area (Å²) in [5, 5.41) is 52.1. The number of aromatic carboxylic acids is 1. The van der Waals surface area contributed by atoms with E-state index in [-0.39, 0.29) is 23.7 Å². The summed E-state index contributed by atoms with van der Waals surface area (Å²) in [5.74, 6) is -1.23. The molecular weight excluding hydrogens is 558 g/mol. The highest BCUT2D eigenvalue weighted by atomic mass is 16.5. The van der Waals surface area contributed by atoms with E-state index < -0.39 is 12.1 Å². The number of aryl methyl sites for hydroxylation is 1. The predicted molar refractivity (Wildman–Crippen MR) is 173 cm³/mol. The van der Waals surface area contributed by atoms with Gasteiger partial charge in [0.05, 0.1) is 12.7 Å². The topological polar surface area (TPSA) is 139 Å². The lowest BCUT2D eigenvalue weighted by molar-refractivity contribution is 0.0694. The van der Waals surface area contributed by atoms with Crippen LogP contribution in [0.15, 0.2) is 84.9 Å². The lowest BCUT2D eigenvalue weighted by Crippen LogP contribution is -2.22. The maximum absolute atomic E-state index is 10.7. The lowest BCUT2D eigenvalue weighted by Gasteiger charge is -2.14. The van der Waals surface area contributed by atoms with E-state index in [1.165, 1.54) is 24.1 Å². The highest BCUT2D eigenvalue weighted by molar-refractivity contribution is 6.00. The van der Waals surface area contributed by atoms with Gasteiger partial charge in [0.2, 0.25) is 0 Å². The molecule has 236 valence electrons. The highest BCUT2D eigenvalue weighted by Crippen LogP contribution is 2.28. The van der Waals surface area contributed by atoms with Crippen molar-refractivity contribution in [3.8, 4) is 11.5 Å². The second-order valence-corrected chi connectivity index (χ2v) is 10.7. The SMILES string of the molecule is O=C(O)c1ccc2ccccc2c1O.OCc1cc([C@H](O)CNCCCCCCOCCCCc2ccccc2)ccc1O. The third-order valence-corrected chi connectivity index (χ3v) is 7.37. The number of aromatic hydroxyl groups is 2. The van der Waals surface area contributed by atoms with Crippen LogP contribution < -0.4 is 5.32 Å². The van der Waals surface area contributed by atoms with Gasteiger partial charge in [-0.05, 0) is 73.4 Å². The van der Waals surface area contributed by atoms with Crippen LogP contribution in [0.5, 0.6) is 11.5 Å². The number of aliphatic hydroxyl groups is 2. The zero-order valence-corrected chi connectivity index (χ0v) is 25.2. The van der Waals surface area contributed by atoms with Crippen molar-refractivity contribution >= 4 is 16.7 Å². The zero-order valence-electron chi connectivity index (χ0n) is 25.2. The molecule has 0 aromatic heterocycles. The highest BCUT2D eigenvalue weighted by Gasteiger charge is 2.12. The maximum atomic E-state index is 10.7. The molecule has 0 bridgehead atoms. The van der Waals surface area contributed by atoms with Crippen molar-refractivity contribution in [1.29, 1.82) is 0 Å². The number of carboxylic acid groups (broad SMARTS) is 1. The van der Waals surface area contributed by atoms with Gasteiger partial charge in [-0.15, -0.1) is 0 Å². The Morgan fingerprint density at radius 3 is 2.25 bits per heavy atom. The Balaban J connectivity index is 0.000000312. The average Bonchev–Trinajstić information content (AvgIpc) is 3.04. The predicted octanol–water partition coefficient (Wildman–Crippen LogP) is 6.35. The Kier molecular flexibility index (Phi) is 15.2. The Hall–Kier alpha value is -3.95. The first-order valence-electron chi connectivity index (χ1n) is 15.3. The van der Waals surface area contributed by atoms with Crippen LogP contribution in [0.2, 0.25) is 0 Å². The molecule has 0 amide bonds. The van der Waals surface area contributed by atoms with Crippen molar-refractivity contribution in [2.24, 2.45) is 0 Å². The van der Waals surface area contributed by atoms with Gasteiger partial charge in [0.25, 0.3) is 0 Å². The van der Waals surface area contributed by atoms with E-state index in [1.807, 2.05) is 12.1 Å². The van der Waals surface area contributed by atoms with Crippen molar-refractivity contribution in [1.82, 2.24) is 5.32 Å². The van der Waals surface area contributed by atoms with Gasteiger partial charge >= 0.3 is 5.97 Å². The van der Waals surface area contributed by atoms with Crippen LogP contribution in [-0.4, -0.2) is 57.8 Å². The largest absolute Gasteiger partial charge is 0.508 e. The smallest absolute Gasteiger partial charge is 0.339 e. The fraction of sp³-hybridized carbons (Fsp3) is 0.361. The van der Waals surface area contributed by atoms with Gasteiger partial charge in [-0.2, -0.15) is 0 Å². The number of ether oxygens (including phenoxy) is 1.